The highest BCUT2D eigenvalue weighted by Gasteiger charge is 2.35. The van der Waals surface area contributed by atoms with E-state index in [4.69, 9.17) is 15.2 Å². The van der Waals surface area contributed by atoms with Crippen molar-refractivity contribution >= 4 is 11.6 Å². The topological polar surface area (TPSA) is 86.5 Å². The van der Waals surface area contributed by atoms with E-state index in [-0.39, 0.29) is 11.6 Å². The summed E-state index contributed by atoms with van der Waals surface area (Å²) in [6.45, 7) is 1.52. The molecule has 0 spiro atoms. The quantitative estimate of drug-likeness (QED) is 0.798. The molecule has 6 nitrogen and oxygen atoms in total. The average molecular weight is 251 g/mol. The van der Waals surface area contributed by atoms with Gasteiger partial charge in [-0.1, -0.05) is 0 Å². The number of hydrogen-bond donors (Lipinski definition) is 2. The Morgan fingerprint density at radius 3 is 3.17 bits per heavy atom. The van der Waals surface area contributed by atoms with Gasteiger partial charge in [-0.05, 0) is 12.1 Å². The first-order chi connectivity index (χ1) is 8.67. The smallest absolute Gasteiger partial charge is 0.272 e. The van der Waals surface area contributed by atoms with Crippen LogP contribution < -0.4 is 11.1 Å². The maximum absolute atomic E-state index is 11.9. The monoisotopic (exact) mass is 251 g/mol. The summed E-state index contributed by atoms with van der Waals surface area (Å²) in [5, 5.41) is 2.79. The standard InChI is InChI=1S/C12H17N3O3/c1-17-12(4-6-18-8-12)7-15-11(16)10-9(13)3-2-5-14-10/h2-3,5H,4,6-8,13H2,1H3,(H,15,16). The first-order valence-corrected chi connectivity index (χ1v) is 5.78. The Morgan fingerprint density at radius 2 is 2.56 bits per heavy atom. The van der Waals surface area contributed by atoms with E-state index in [0.717, 1.165) is 6.42 Å². The number of nitrogens with zero attached hydrogens (tertiary/aromatic N) is 1. The Bertz CT molecular complexity index is 430. The average Bonchev–Trinajstić information content (AvgIpc) is 2.86. The van der Waals surface area contributed by atoms with Crippen LogP contribution in [0.3, 0.4) is 0 Å². The number of hydrogen-bond acceptors (Lipinski definition) is 5. The highest BCUT2D eigenvalue weighted by molar-refractivity contribution is 5.97. The molecular weight excluding hydrogens is 234 g/mol. The zero-order chi connectivity index (χ0) is 13.0. The molecule has 3 N–H and O–H groups in total. The van der Waals surface area contributed by atoms with Gasteiger partial charge in [-0.15, -0.1) is 0 Å². The Hall–Kier alpha value is -1.66. The Morgan fingerprint density at radius 1 is 1.72 bits per heavy atom. The fraction of sp³-hybridized carbons (Fsp3) is 0.500. The minimum atomic E-state index is -0.431. The lowest BCUT2D eigenvalue weighted by Gasteiger charge is -2.25. The first kappa shape index (κ1) is 12.8. The highest BCUT2D eigenvalue weighted by Crippen LogP contribution is 2.21. The van der Waals surface area contributed by atoms with Gasteiger partial charge in [-0.2, -0.15) is 0 Å². The summed E-state index contributed by atoms with van der Waals surface area (Å²) in [6.07, 6.45) is 2.30. The zero-order valence-corrected chi connectivity index (χ0v) is 10.3. The van der Waals surface area contributed by atoms with Crippen LogP contribution in [0.15, 0.2) is 18.3 Å². The van der Waals surface area contributed by atoms with Crippen molar-refractivity contribution in [1.82, 2.24) is 10.3 Å². The van der Waals surface area contributed by atoms with Crippen LogP contribution in [0.5, 0.6) is 0 Å². The summed E-state index contributed by atoms with van der Waals surface area (Å²) in [6, 6.07) is 3.33. The molecule has 18 heavy (non-hydrogen) atoms. The number of nitrogen functional groups attached to an aromatic ring is 1. The van der Waals surface area contributed by atoms with Gasteiger partial charge in [0.25, 0.3) is 5.91 Å². The van der Waals surface area contributed by atoms with Gasteiger partial charge in [-0.25, -0.2) is 4.98 Å². The Labute approximate surface area is 105 Å². The molecule has 6 heteroatoms. The van der Waals surface area contributed by atoms with E-state index in [2.05, 4.69) is 10.3 Å². The van der Waals surface area contributed by atoms with Crippen molar-refractivity contribution in [3.63, 3.8) is 0 Å². The molecule has 0 bridgehead atoms. The van der Waals surface area contributed by atoms with Gasteiger partial charge in [0, 0.05) is 32.9 Å². The number of nitrogens with two attached hydrogens (primary N) is 1. The van der Waals surface area contributed by atoms with Crippen molar-refractivity contribution in [3.05, 3.63) is 24.0 Å². The van der Waals surface area contributed by atoms with Crippen molar-refractivity contribution in [2.75, 3.05) is 32.6 Å². The van der Waals surface area contributed by atoms with Gasteiger partial charge in [0.05, 0.1) is 12.3 Å². The molecule has 1 aromatic rings. The second-order valence-corrected chi connectivity index (χ2v) is 4.31. The lowest BCUT2D eigenvalue weighted by Crippen LogP contribution is -2.45. The minimum Gasteiger partial charge on any atom is -0.397 e. The lowest BCUT2D eigenvalue weighted by atomic mass is 10.0. The van der Waals surface area contributed by atoms with Crippen molar-refractivity contribution < 1.29 is 14.3 Å². The van der Waals surface area contributed by atoms with Gasteiger partial charge >= 0.3 is 0 Å². The molecule has 2 heterocycles. The molecule has 0 saturated carbocycles. The molecule has 98 valence electrons. The number of carbonyl (C=O) groups excluding carboxylic acids is 1. The summed E-state index contributed by atoms with van der Waals surface area (Å²) in [5.74, 6) is -0.295. The van der Waals surface area contributed by atoms with Crippen LogP contribution >= 0.6 is 0 Å². The molecule has 2 rings (SSSR count). The molecule has 1 unspecified atom stereocenters. The summed E-state index contributed by atoms with van der Waals surface area (Å²) in [7, 11) is 1.62. The van der Waals surface area contributed by atoms with E-state index in [1.54, 1.807) is 19.2 Å². The summed E-state index contributed by atoms with van der Waals surface area (Å²) >= 11 is 0. The second-order valence-electron chi connectivity index (χ2n) is 4.31. The summed E-state index contributed by atoms with van der Waals surface area (Å²) in [4.78, 5) is 15.9. The van der Waals surface area contributed by atoms with Crippen molar-refractivity contribution in [2.24, 2.45) is 0 Å². The minimum absolute atomic E-state index is 0.239. The Kier molecular flexibility index (Phi) is 3.78. The maximum atomic E-state index is 11.9. The molecule has 0 radical (unpaired) electrons. The number of anilines is 1. The predicted octanol–water partition coefficient (Wildman–Crippen LogP) is 0.199. The molecule has 1 aromatic heterocycles. The third-order valence-corrected chi connectivity index (χ3v) is 3.13. The lowest BCUT2D eigenvalue weighted by molar-refractivity contribution is -0.0149. The summed E-state index contributed by atoms with van der Waals surface area (Å²) < 4.78 is 10.7. The third-order valence-electron chi connectivity index (χ3n) is 3.13. The van der Waals surface area contributed by atoms with Gasteiger partial charge in [-0.3, -0.25) is 4.79 Å². The molecule has 1 amide bonds. The number of carbonyl (C=O) groups is 1. The fourth-order valence-corrected chi connectivity index (χ4v) is 1.89. The van der Waals surface area contributed by atoms with E-state index in [0.29, 0.717) is 25.4 Å². The molecule has 0 aromatic carbocycles. The van der Waals surface area contributed by atoms with Crippen LogP contribution in [0.2, 0.25) is 0 Å². The van der Waals surface area contributed by atoms with E-state index in [1.807, 2.05) is 0 Å². The number of aromatic nitrogens is 1. The van der Waals surface area contributed by atoms with Crippen LogP contribution in [0.25, 0.3) is 0 Å². The van der Waals surface area contributed by atoms with Crippen LogP contribution in [-0.4, -0.2) is 43.4 Å². The number of rotatable bonds is 4. The fourth-order valence-electron chi connectivity index (χ4n) is 1.89. The van der Waals surface area contributed by atoms with Gasteiger partial charge in [0.2, 0.25) is 0 Å². The maximum Gasteiger partial charge on any atom is 0.272 e. The van der Waals surface area contributed by atoms with Crippen molar-refractivity contribution in [2.45, 2.75) is 12.0 Å². The Balaban J connectivity index is 1.98. The van der Waals surface area contributed by atoms with Crippen LogP contribution in [0.4, 0.5) is 5.69 Å². The normalized spacial score (nSPS) is 22.9. The van der Waals surface area contributed by atoms with Gasteiger partial charge in [0.15, 0.2) is 5.69 Å². The van der Waals surface area contributed by atoms with E-state index >= 15 is 0 Å². The van der Waals surface area contributed by atoms with E-state index in [1.165, 1.54) is 6.20 Å². The molecule has 1 fully saturated rings. The third kappa shape index (κ3) is 2.60. The number of methoxy groups -OCH3 is 1. The van der Waals surface area contributed by atoms with Crippen molar-refractivity contribution in [3.8, 4) is 0 Å². The van der Waals surface area contributed by atoms with Crippen LogP contribution in [0, 0.1) is 0 Å². The molecule has 1 aliphatic rings. The van der Waals surface area contributed by atoms with E-state index in [9.17, 15) is 4.79 Å². The summed E-state index contributed by atoms with van der Waals surface area (Å²) in [5.41, 5.74) is 5.86. The highest BCUT2D eigenvalue weighted by atomic mass is 16.5. The number of ether oxygens (including phenoxy) is 2. The van der Waals surface area contributed by atoms with Gasteiger partial charge < -0.3 is 20.5 Å². The first-order valence-electron chi connectivity index (χ1n) is 5.78. The number of nitrogens with one attached hydrogen (secondary N) is 1. The number of amides is 1. The molecular formula is C12H17N3O3. The van der Waals surface area contributed by atoms with Crippen LogP contribution in [-0.2, 0) is 9.47 Å². The molecule has 1 saturated heterocycles. The van der Waals surface area contributed by atoms with Gasteiger partial charge in [0.1, 0.15) is 5.60 Å². The number of pyridine rings is 1. The molecule has 1 atom stereocenters. The SMILES string of the molecule is COC1(CNC(=O)c2ncccc2N)CCOC1. The molecule has 0 aliphatic carbocycles. The van der Waals surface area contributed by atoms with Crippen molar-refractivity contribution in [1.29, 1.82) is 0 Å². The van der Waals surface area contributed by atoms with Crippen LogP contribution in [0.1, 0.15) is 16.9 Å². The second kappa shape index (κ2) is 5.32. The zero-order valence-electron chi connectivity index (χ0n) is 10.3. The largest absolute Gasteiger partial charge is 0.397 e. The predicted molar refractivity (Wildman–Crippen MR) is 66.2 cm³/mol. The molecule has 1 aliphatic heterocycles. The van der Waals surface area contributed by atoms with E-state index < -0.39 is 5.60 Å².